The molecule has 20 heavy (non-hydrogen) atoms. The molecule has 1 aromatic heterocycles. The van der Waals surface area contributed by atoms with Crippen LogP contribution in [0.1, 0.15) is 19.8 Å². The van der Waals surface area contributed by atoms with Crippen molar-refractivity contribution in [2.24, 2.45) is 5.92 Å². The molecule has 1 fully saturated rings. The second-order valence-electron chi connectivity index (χ2n) is 4.78. The van der Waals surface area contributed by atoms with Crippen molar-refractivity contribution in [1.29, 1.82) is 0 Å². The summed E-state index contributed by atoms with van der Waals surface area (Å²) in [5, 5.41) is 0. The molecule has 1 saturated heterocycles. The Balaban J connectivity index is 2.22. The second-order valence-corrected chi connectivity index (χ2v) is 4.78. The van der Waals surface area contributed by atoms with E-state index in [9.17, 15) is 17.6 Å². The zero-order valence-electron chi connectivity index (χ0n) is 11.1. The predicted octanol–water partition coefficient (Wildman–Crippen LogP) is 2.89. The van der Waals surface area contributed by atoms with Crippen molar-refractivity contribution < 1.29 is 22.3 Å². The van der Waals surface area contributed by atoms with Crippen molar-refractivity contribution in [3.8, 4) is 0 Å². The summed E-state index contributed by atoms with van der Waals surface area (Å²) >= 11 is 0. The molecule has 0 bridgehead atoms. The highest BCUT2D eigenvalue weighted by atomic mass is 19.2. The van der Waals surface area contributed by atoms with Crippen molar-refractivity contribution in [1.82, 2.24) is 4.98 Å². The Labute approximate surface area is 114 Å². The van der Waals surface area contributed by atoms with E-state index in [4.69, 9.17) is 4.74 Å². The van der Waals surface area contributed by atoms with Gasteiger partial charge in [0.2, 0.25) is 11.6 Å². The fraction of sp³-hybridized carbons (Fsp3) is 0.615. The molecule has 112 valence electrons. The first-order valence-corrected chi connectivity index (χ1v) is 6.57. The maximum atomic E-state index is 13.7. The number of halogens is 4. The van der Waals surface area contributed by atoms with E-state index in [1.54, 1.807) is 0 Å². The quantitative estimate of drug-likeness (QED) is 0.630. The summed E-state index contributed by atoms with van der Waals surface area (Å²) in [5.74, 6) is -6.04. The largest absolute Gasteiger partial charge is 0.381 e. The number of ether oxygens (including phenoxy) is 1. The summed E-state index contributed by atoms with van der Waals surface area (Å²) < 4.78 is 58.9. The smallest absolute Gasteiger partial charge is 0.253 e. The zero-order valence-corrected chi connectivity index (χ0v) is 11.1. The first kappa shape index (κ1) is 15.0. The molecule has 0 saturated carbocycles. The number of hydrogen-bond donors (Lipinski definition) is 0. The van der Waals surface area contributed by atoms with Crippen LogP contribution in [-0.4, -0.2) is 31.3 Å². The average molecular weight is 292 g/mol. The van der Waals surface area contributed by atoms with Crippen molar-refractivity contribution >= 4 is 5.69 Å². The number of rotatable bonds is 4. The van der Waals surface area contributed by atoms with Gasteiger partial charge in [-0.3, -0.25) is 0 Å². The van der Waals surface area contributed by atoms with Gasteiger partial charge in [0.25, 0.3) is 11.9 Å². The molecule has 0 aromatic carbocycles. The molecule has 3 nitrogen and oxygen atoms in total. The van der Waals surface area contributed by atoms with E-state index in [0.717, 1.165) is 6.42 Å². The van der Waals surface area contributed by atoms with Crippen molar-refractivity contribution in [3.05, 3.63) is 23.5 Å². The van der Waals surface area contributed by atoms with E-state index >= 15 is 0 Å². The van der Waals surface area contributed by atoms with E-state index in [1.165, 1.54) is 4.90 Å². The predicted molar refractivity (Wildman–Crippen MR) is 65.5 cm³/mol. The lowest BCUT2D eigenvalue weighted by Gasteiger charge is -2.34. The molecule has 7 heteroatoms. The Morgan fingerprint density at radius 3 is 2.45 bits per heavy atom. The number of nitrogens with zero attached hydrogens (tertiary/aromatic N) is 2. The summed E-state index contributed by atoms with van der Waals surface area (Å²) in [6, 6.07) is 0. The lowest BCUT2D eigenvalue weighted by Crippen LogP contribution is -2.38. The average Bonchev–Trinajstić information content (AvgIpc) is 2.44. The third-order valence-electron chi connectivity index (χ3n) is 3.37. The Morgan fingerprint density at radius 1 is 1.20 bits per heavy atom. The van der Waals surface area contributed by atoms with Gasteiger partial charge < -0.3 is 9.64 Å². The first-order valence-electron chi connectivity index (χ1n) is 6.57. The number of pyridine rings is 1. The molecule has 1 atom stereocenters. The molecule has 2 rings (SSSR count). The molecular formula is C13H16F4N2O. The Bertz CT molecular complexity index is 458. The fourth-order valence-corrected chi connectivity index (χ4v) is 2.44. The Kier molecular flexibility index (Phi) is 4.80. The van der Waals surface area contributed by atoms with Crippen LogP contribution < -0.4 is 4.90 Å². The van der Waals surface area contributed by atoms with Gasteiger partial charge in [-0.1, -0.05) is 0 Å². The van der Waals surface area contributed by atoms with Gasteiger partial charge in [0.1, 0.15) is 5.69 Å². The molecule has 0 N–H and O–H groups in total. The fourth-order valence-electron chi connectivity index (χ4n) is 2.44. The third-order valence-corrected chi connectivity index (χ3v) is 3.37. The summed E-state index contributed by atoms with van der Waals surface area (Å²) in [4.78, 5) is 3.89. The van der Waals surface area contributed by atoms with Gasteiger partial charge in [-0.05, 0) is 25.7 Å². The van der Waals surface area contributed by atoms with Crippen LogP contribution >= 0.6 is 0 Å². The molecule has 1 unspecified atom stereocenters. The summed E-state index contributed by atoms with van der Waals surface area (Å²) in [5.41, 5.74) is -0.670. The summed E-state index contributed by atoms with van der Waals surface area (Å²) in [6.45, 7) is 3.52. The second kappa shape index (κ2) is 6.39. The van der Waals surface area contributed by atoms with Crippen LogP contribution in [0.2, 0.25) is 0 Å². The van der Waals surface area contributed by atoms with Crippen LogP contribution in [0.3, 0.4) is 0 Å². The van der Waals surface area contributed by atoms with Crippen LogP contribution in [0.15, 0.2) is 0 Å². The number of aromatic nitrogens is 1. The first-order chi connectivity index (χ1) is 9.54. The van der Waals surface area contributed by atoms with Crippen LogP contribution in [0, 0.1) is 29.4 Å². The van der Waals surface area contributed by atoms with Gasteiger partial charge in [-0.15, -0.1) is 0 Å². The SMILES string of the molecule is CCOCC1CCCN(c2c(F)c(F)nc(F)c2F)C1. The van der Waals surface area contributed by atoms with E-state index < -0.39 is 29.2 Å². The van der Waals surface area contributed by atoms with Gasteiger partial charge in [-0.2, -0.15) is 22.5 Å². The molecule has 0 spiro atoms. The molecule has 0 amide bonds. The topological polar surface area (TPSA) is 25.4 Å². The summed E-state index contributed by atoms with van der Waals surface area (Å²) in [7, 11) is 0. The maximum Gasteiger partial charge on any atom is 0.253 e. The van der Waals surface area contributed by atoms with Gasteiger partial charge in [0.05, 0.1) is 6.61 Å². The standard InChI is InChI=1S/C13H16F4N2O/c1-2-20-7-8-4-3-5-19(6-8)11-9(14)12(16)18-13(17)10(11)15/h8H,2-7H2,1H3. The molecule has 2 heterocycles. The highest BCUT2D eigenvalue weighted by Gasteiger charge is 2.29. The molecule has 1 aliphatic heterocycles. The minimum atomic E-state index is -1.62. The van der Waals surface area contributed by atoms with E-state index in [1.807, 2.05) is 6.92 Å². The number of piperidine rings is 1. The molecule has 1 aromatic rings. The minimum absolute atomic E-state index is 0.0850. The minimum Gasteiger partial charge on any atom is -0.381 e. The van der Waals surface area contributed by atoms with Gasteiger partial charge in [0.15, 0.2) is 0 Å². The highest BCUT2D eigenvalue weighted by Crippen LogP contribution is 2.30. The van der Waals surface area contributed by atoms with E-state index in [-0.39, 0.29) is 5.92 Å². The van der Waals surface area contributed by atoms with Gasteiger partial charge in [0, 0.05) is 19.7 Å². The zero-order chi connectivity index (χ0) is 14.7. The molecular weight excluding hydrogens is 276 g/mol. The van der Waals surface area contributed by atoms with Gasteiger partial charge in [-0.25, -0.2) is 0 Å². The van der Waals surface area contributed by atoms with Crippen LogP contribution in [0.5, 0.6) is 0 Å². The van der Waals surface area contributed by atoms with Crippen molar-refractivity contribution in [2.45, 2.75) is 19.8 Å². The van der Waals surface area contributed by atoms with Crippen LogP contribution in [0.25, 0.3) is 0 Å². The van der Waals surface area contributed by atoms with E-state index in [2.05, 4.69) is 4.98 Å². The van der Waals surface area contributed by atoms with Gasteiger partial charge >= 0.3 is 0 Å². The lowest BCUT2D eigenvalue weighted by atomic mass is 9.98. The third kappa shape index (κ3) is 3.03. The lowest BCUT2D eigenvalue weighted by molar-refractivity contribution is 0.104. The Morgan fingerprint density at radius 2 is 1.85 bits per heavy atom. The summed E-state index contributed by atoms with van der Waals surface area (Å²) in [6.07, 6.45) is 1.54. The monoisotopic (exact) mass is 292 g/mol. The normalized spacial score (nSPS) is 19.4. The van der Waals surface area contributed by atoms with Crippen LogP contribution in [0.4, 0.5) is 23.2 Å². The molecule has 0 aliphatic carbocycles. The molecule has 0 radical (unpaired) electrons. The molecule has 1 aliphatic rings. The van der Waals surface area contributed by atoms with Crippen LogP contribution in [-0.2, 0) is 4.74 Å². The maximum absolute atomic E-state index is 13.7. The highest BCUT2D eigenvalue weighted by molar-refractivity contribution is 5.48. The Hall–Kier alpha value is -1.37. The number of hydrogen-bond acceptors (Lipinski definition) is 3. The van der Waals surface area contributed by atoms with E-state index in [0.29, 0.717) is 32.7 Å². The van der Waals surface area contributed by atoms with Crippen molar-refractivity contribution in [3.63, 3.8) is 0 Å². The number of anilines is 1. The van der Waals surface area contributed by atoms with Crippen molar-refractivity contribution in [2.75, 3.05) is 31.2 Å².